The quantitative estimate of drug-likeness (QED) is 0.538. The van der Waals surface area contributed by atoms with Gasteiger partial charge in [-0.1, -0.05) is 12.1 Å². The van der Waals surface area contributed by atoms with Gasteiger partial charge in [-0.2, -0.15) is 0 Å². The highest BCUT2D eigenvalue weighted by atomic mass is 35.5. The van der Waals surface area contributed by atoms with E-state index in [-0.39, 0.29) is 25.6 Å². The number of oxime groups is 1. The summed E-state index contributed by atoms with van der Waals surface area (Å²) in [7, 11) is 0. The molecule has 1 atom stereocenters. The van der Waals surface area contributed by atoms with Crippen molar-refractivity contribution in [2.24, 2.45) is 10.9 Å². The Labute approximate surface area is 78.6 Å². The molecule has 0 aliphatic heterocycles. The van der Waals surface area contributed by atoms with Crippen LogP contribution in [0.3, 0.4) is 0 Å². The van der Waals surface area contributed by atoms with Crippen molar-refractivity contribution in [3.8, 4) is 0 Å². The minimum atomic E-state index is -1.11. The molecule has 0 radical (unpaired) electrons. The van der Waals surface area contributed by atoms with Gasteiger partial charge in [-0.3, -0.25) is 0 Å². The zero-order valence-electron chi connectivity index (χ0n) is 7.42. The van der Waals surface area contributed by atoms with E-state index in [9.17, 15) is 4.39 Å². The first kappa shape index (κ1) is 14.2. The number of hydrogen-bond donors (Lipinski definition) is 1. The lowest BCUT2D eigenvalue weighted by Crippen LogP contribution is -2.19. The summed E-state index contributed by atoms with van der Waals surface area (Å²) >= 11 is 0. The van der Waals surface area contributed by atoms with Crippen LogP contribution < -0.4 is 5.73 Å². The first-order valence-corrected chi connectivity index (χ1v) is 3.70. The molecule has 0 heterocycles. The molecule has 0 aliphatic carbocycles. The molecule has 1 unspecified atom stereocenters. The molecule has 0 aromatic rings. The average Bonchev–Trinajstić information content (AvgIpc) is 2.04. The van der Waals surface area contributed by atoms with Gasteiger partial charge in [0.2, 0.25) is 0 Å². The summed E-state index contributed by atoms with van der Waals surface area (Å²) in [4.78, 5) is 4.67. The number of rotatable bonds is 5. The predicted octanol–water partition coefficient (Wildman–Crippen LogP) is 1.51. The van der Waals surface area contributed by atoms with Gasteiger partial charge in [0, 0.05) is 6.54 Å². The molecule has 0 aromatic carbocycles. The van der Waals surface area contributed by atoms with E-state index < -0.39 is 6.17 Å². The van der Waals surface area contributed by atoms with Gasteiger partial charge in [-0.25, -0.2) is 4.39 Å². The third-order valence-electron chi connectivity index (χ3n) is 1.24. The number of nitrogens with two attached hydrogens (primary N) is 1. The topological polar surface area (TPSA) is 47.6 Å². The van der Waals surface area contributed by atoms with E-state index in [0.29, 0.717) is 0 Å². The van der Waals surface area contributed by atoms with Crippen LogP contribution in [0.15, 0.2) is 5.16 Å². The highest BCUT2D eigenvalue weighted by molar-refractivity contribution is 5.85. The van der Waals surface area contributed by atoms with Crippen molar-refractivity contribution in [3.05, 3.63) is 0 Å². The molecule has 0 spiro atoms. The lowest BCUT2D eigenvalue weighted by molar-refractivity contribution is 0.0894. The van der Waals surface area contributed by atoms with Crippen LogP contribution in [0, 0.1) is 0 Å². The SMILES string of the molecule is CCC(C)=NOCC(F)CN.Cl. The largest absolute Gasteiger partial charge is 0.393 e. The summed E-state index contributed by atoms with van der Waals surface area (Å²) < 4.78 is 12.4. The molecule has 0 saturated carbocycles. The molecule has 0 bridgehead atoms. The Balaban J connectivity index is 0. The van der Waals surface area contributed by atoms with Crippen molar-refractivity contribution in [3.63, 3.8) is 0 Å². The molecular formula is C7H16ClFN2O. The number of nitrogens with zero attached hydrogens (tertiary/aromatic N) is 1. The van der Waals surface area contributed by atoms with E-state index in [1.54, 1.807) is 0 Å². The Hall–Kier alpha value is -0.350. The van der Waals surface area contributed by atoms with Crippen molar-refractivity contribution < 1.29 is 9.23 Å². The fourth-order valence-corrected chi connectivity index (χ4v) is 0.361. The Morgan fingerprint density at radius 3 is 2.67 bits per heavy atom. The summed E-state index contributed by atoms with van der Waals surface area (Å²) in [6.07, 6.45) is -0.289. The van der Waals surface area contributed by atoms with Gasteiger partial charge >= 0.3 is 0 Å². The molecule has 0 amide bonds. The van der Waals surface area contributed by atoms with E-state index in [4.69, 9.17) is 5.73 Å². The minimum Gasteiger partial charge on any atom is -0.393 e. The third kappa shape index (κ3) is 7.75. The monoisotopic (exact) mass is 198 g/mol. The highest BCUT2D eigenvalue weighted by Crippen LogP contribution is 1.91. The fraction of sp³-hybridized carbons (Fsp3) is 0.857. The summed E-state index contributed by atoms with van der Waals surface area (Å²) in [6, 6.07) is 0. The Bertz CT molecular complexity index is 133. The Morgan fingerprint density at radius 1 is 1.67 bits per heavy atom. The average molecular weight is 199 g/mol. The van der Waals surface area contributed by atoms with Gasteiger partial charge in [-0.15, -0.1) is 12.4 Å². The first-order valence-electron chi connectivity index (χ1n) is 3.70. The molecule has 12 heavy (non-hydrogen) atoms. The van der Waals surface area contributed by atoms with Gasteiger partial charge in [0.25, 0.3) is 0 Å². The van der Waals surface area contributed by atoms with Crippen LogP contribution in [-0.2, 0) is 4.84 Å². The van der Waals surface area contributed by atoms with Crippen LogP contribution in [0.1, 0.15) is 20.3 Å². The smallest absolute Gasteiger partial charge is 0.149 e. The maximum Gasteiger partial charge on any atom is 0.149 e. The zero-order valence-corrected chi connectivity index (χ0v) is 8.23. The lowest BCUT2D eigenvalue weighted by Gasteiger charge is -2.02. The van der Waals surface area contributed by atoms with Crippen molar-refractivity contribution in [2.45, 2.75) is 26.4 Å². The van der Waals surface area contributed by atoms with Crippen LogP contribution in [0.2, 0.25) is 0 Å². The molecular weight excluding hydrogens is 183 g/mol. The van der Waals surface area contributed by atoms with Gasteiger partial charge < -0.3 is 10.6 Å². The molecule has 0 fully saturated rings. The number of halogens is 2. The molecule has 3 nitrogen and oxygen atoms in total. The van der Waals surface area contributed by atoms with E-state index >= 15 is 0 Å². The molecule has 0 aliphatic rings. The maximum absolute atomic E-state index is 12.4. The van der Waals surface area contributed by atoms with E-state index in [1.807, 2.05) is 13.8 Å². The normalized spacial score (nSPS) is 13.5. The van der Waals surface area contributed by atoms with Gasteiger partial charge in [0.15, 0.2) is 0 Å². The summed E-state index contributed by atoms with van der Waals surface area (Å²) in [5.41, 5.74) is 5.87. The van der Waals surface area contributed by atoms with E-state index in [1.165, 1.54) is 0 Å². The molecule has 0 rings (SSSR count). The Kier molecular flexibility index (Phi) is 10.3. The summed E-state index contributed by atoms with van der Waals surface area (Å²) in [5, 5.41) is 3.65. The van der Waals surface area contributed by atoms with Gasteiger partial charge in [0.1, 0.15) is 12.8 Å². The second-order valence-electron chi connectivity index (χ2n) is 2.31. The third-order valence-corrected chi connectivity index (χ3v) is 1.24. The lowest BCUT2D eigenvalue weighted by atomic mass is 10.3. The van der Waals surface area contributed by atoms with Crippen LogP contribution in [0.25, 0.3) is 0 Å². The molecule has 0 saturated heterocycles. The van der Waals surface area contributed by atoms with Crippen LogP contribution >= 0.6 is 12.4 Å². The molecule has 74 valence electrons. The second-order valence-corrected chi connectivity index (χ2v) is 2.31. The van der Waals surface area contributed by atoms with Crippen molar-refractivity contribution in [1.82, 2.24) is 0 Å². The van der Waals surface area contributed by atoms with Crippen LogP contribution in [0.5, 0.6) is 0 Å². The zero-order chi connectivity index (χ0) is 8.69. The fourth-order valence-electron chi connectivity index (χ4n) is 0.361. The highest BCUT2D eigenvalue weighted by Gasteiger charge is 2.02. The van der Waals surface area contributed by atoms with Gasteiger partial charge in [-0.05, 0) is 13.3 Å². The van der Waals surface area contributed by atoms with Crippen molar-refractivity contribution >= 4 is 18.1 Å². The molecule has 5 heteroatoms. The second kappa shape index (κ2) is 8.74. The van der Waals surface area contributed by atoms with Crippen molar-refractivity contribution in [2.75, 3.05) is 13.2 Å². The van der Waals surface area contributed by atoms with Crippen LogP contribution in [0.4, 0.5) is 4.39 Å². The van der Waals surface area contributed by atoms with Gasteiger partial charge in [0.05, 0.1) is 5.71 Å². The van der Waals surface area contributed by atoms with E-state index in [2.05, 4.69) is 9.99 Å². The number of alkyl halides is 1. The van der Waals surface area contributed by atoms with Crippen LogP contribution in [-0.4, -0.2) is 25.0 Å². The standard InChI is InChI=1S/C7H15FN2O.ClH/c1-3-6(2)10-11-5-7(8)4-9;/h7H,3-5,9H2,1-2H3;1H. The molecule has 2 N–H and O–H groups in total. The molecule has 0 aromatic heterocycles. The summed E-state index contributed by atoms with van der Waals surface area (Å²) in [6.45, 7) is 3.72. The summed E-state index contributed by atoms with van der Waals surface area (Å²) in [5.74, 6) is 0. The first-order chi connectivity index (χ1) is 5.20. The number of hydrogen-bond acceptors (Lipinski definition) is 3. The van der Waals surface area contributed by atoms with Crippen molar-refractivity contribution in [1.29, 1.82) is 0 Å². The minimum absolute atomic E-state index is 0. The predicted molar refractivity (Wildman–Crippen MR) is 50.6 cm³/mol. The maximum atomic E-state index is 12.4. The van der Waals surface area contributed by atoms with E-state index in [0.717, 1.165) is 12.1 Å². The Morgan fingerprint density at radius 2 is 2.25 bits per heavy atom.